The number of hydrogen-bond acceptors (Lipinski definition) is 10. The minimum absolute atomic E-state index is 0.0314. The van der Waals surface area contributed by atoms with Crippen molar-refractivity contribution in [2.24, 2.45) is 0 Å². The molecule has 0 saturated carbocycles. The summed E-state index contributed by atoms with van der Waals surface area (Å²) in [5, 5.41) is 9.84. The van der Waals surface area contributed by atoms with Crippen molar-refractivity contribution in [3.05, 3.63) is 134 Å². The number of esters is 3. The molecule has 0 aliphatic heterocycles. The first-order chi connectivity index (χ1) is 39.2. The zero-order valence-corrected chi connectivity index (χ0v) is 51.1. The Kier molecular flexibility index (Phi) is 57.4. The van der Waals surface area contributed by atoms with E-state index in [0.29, 0.717) is 25.7 Å². The SMILES string of the molecule is CC/C=C\C/C=C\C/C=C\C/C=C\C/C=C\C/C=C\CCC(=O)OC(COC(=O)CCCCCCCC/C=C\C/C=C\C/C=C\CCCCC)COP(=O)(O)OCC(CO)OC(=O)CCCCCCC/C=C\C/C=C\CCCCC. The van der Waals surface area contributed by atoms with Crippen LogP contribution in [0, 0.1) is 0 Å². The smallest absolute Gasteiger partial charge is 0.462 e. The van der Waals surface area contributed by atoms with Crippen molar-refractivity contribution in [3.63, 3.8) is 0 Å². The molecule has 0 fully saturated rings. The van der Waals surface area contributed by atoms with Gasteiger partial charge in [0.15, 0.2) is 6.10 Å². The fraction of sp³-hybridized carbons (Fsp3) is 0.632. The Morgan fingerprint density at radius 1 is 0.362 bits per heavy atom. The van der Waals surface area contributed by atoms with E-state index >= 15 is 0 Å². The molecule has 11 nitrogen and oxygen atoms in total. The monoisotopic (exact) mass is 1130 g/mol. The van der Waals surface area contributed by atoms with Crippen LogP contribution in [0.1, 0.15) is 239 Å². The second-order valence-electron chi connectivity index (χ2n) is 20.1. The molecule has 0 bridgehead atoms. The maximum absolute atomic E-state index is 12.9. The second-order valence-corrected chi connectivity index (χ2v) is 21.6. The number of rotatable bonds is 56. The summed E-state index contributed by atoms with van der Waals surface area (Å²) < 4.78 is 39.5. The maximum atomic E-state index is 12.9. The van der Waals surface area contributed by atoms with Gasteiger partial charge in [0, 0.05) is 19.3 Å². The molecule has 0 aromatic carbocycles. The first kappa shape index (κ1) is 75.6. The lowest BCUT2D eigenvalue weighted by Gasteiger charge is -2.21. The summed E-state index contributed by atoms with van der Waals surface area (Å²) in [6.45, 7) is 4.36. The van der Waals surface area contributed by atoms with Gasteiger partial charge in [-0.25, -0.2) is 4.57 Å². The van der Waals surface area contributed by atoms with Gasteiger partial charge in [-0.3, -0.25) is 23.4 Å². The highest BCUT2D eigenvalue weighted by Crippen LogP contribution is 2.43. The Morgan fingerprint density at radius 2 is 0.675 bits per heavy atom. The van der Waals surface area contributed by atoms with Crippen LogP contribution in [0.25, 0.3) is 0 Å². The second kappa shape index (κ2) is 60.7. The molecule has 0 saturated heterocycles. The van der Waals surface area contributed by atoms with Gasteiger partial charge in [0.05, 0.1) is 19.8 Å². The number of phosphoric acid groups is 1. The van der Waals surface area contributed by atoms with Crippen LogP contribution >= 0.6 is 7.82 Å². The zero-order valence-electron chi connectivity index (χ0n) is 50.2. The number of aliphatic hydroxyl groups is 1. The molecule has 0 aliphatic rings. The summed E-state index contributed by atoms with van der Waals surface area (Å²) in [6, 6.07) is 0. The number of phosphoric ester groups is 1. The zero-order chi connectivity index (χ0) is 58.3. The van der Waals surface area contributed by atoms with Gasteiger partial charge >= 0.3 is 25.7 Å². The van der Waals surface area contributed by atoms with Gasteiger partial charge in [0.1, 0.15) is 12.7 Å². The van der Waals surface area contributed by atoms with E-state index in [9.17, 15) is 28.9 Å². The molecule has 80 heavy (non-hydrogen) atoms. The lowest BCUT2D eigenvalue weighted by Crippen LogP contribution is -2.30. The van der Waals surface area contributed by atoms with Crippen LogP contribution in [0.5, 0.6) is 0 Å². The average molecular weight is 1140 g/mol. The highest BCUT2D eigenvalue weighted by molar-refractivity contribution is 7.47. The highest BCUT2D eigenvalue weighted by Gasteiger charge is 2.28. The molecule has 0 radical (unpaired) electrons. The van der Waals surface area contributed by atoms with Gasteiger partial charge in [-0.2, -0.15) is 0 Å². The first-order valence-corrected chi connectivity index (χ1v) is 32.6. The molecule has 12 heteroatoms. The molecule has 0 aromatic heterocycles. The van der Waals surface area contributed by atoms with Crippen LogP contribution in [0.15, 0.2) is 134 Å². The van der Waals surface area contributed by atoms with Crippen molar-refractivity contribution < 1.29 is 52.2 Å². The predicted octanol–water partition coefficient (Wildman–Crippen LogP) is 18.9. The predicted molar refractivity (Wildman–Crippen MR) is 334 cm³/mol. The molecule has 3 atom stereocenters. The number of aliphatic hydroxyl groups excluding tert-OH is 1. The summed E-state index contributed by atoms with van der Waals surface area (Å²) in [4.78, 5) is 48.7. The maximum Gasteiger partial charge on any atom is 0.472 e. The minimum atomic E-state index is -4.79. The van der Waals surface area contributed by atoms with Crippen LogP contribution in [0.2, 0.25) is 0 Å². The normalized spacial score (nSPS) is 14.2. The van der Waals surface area contributed by atoms with E-state index in [2.05, 4.69) is 142 Å². The Labute approximate surface area is 487 Å². The van der Waals surface area contributed by atoms with Crippen molar-refractivity contribution in [1.29, 1.82) is 0 Å². The molecule has 3 unspecified atom stereocenters. The van der Waals surface area contributed by atoms with Crippen LogP contribution in [0.4, 0.5) is 0 Å². The largest absolute Gasteiger partial charge is 0.472 e. The minimum Gasteiger partial charge on any atom is -0.462 e. The third-order valence-corrected chi connectivity index (χ3v) is 13.5. The standard InChI is InChI=1S/C68H111O11P/c1-4-7-10-13-16-19-22-25-28-30-32-34-37-39-42-45-48-51-54-57-66(70)75-61-65(79-68(72)59-56-53-50-47-44-41-38-35-33-31-29-26-23-20-17-14-11-8-5-2)63-77-80(73,74)76-62-64(60-69)78-67(71)58-55-52-49-46-43-40-36-27-24-21-18-15-12-9-6-3/h8,11,16-21,25-29,32-36,41,44,50,53,64-65,69H,4-7,9-10,12-15,22-24,30-31,37-40,42-43,45-49,51-52,54-63H2,1-3H3,(H,73,74)/b11-8-,19-16-,20-17-,21-18-,28-25-,29-26-,34-32-,35-33-,36-27-,44-41-,53-50-. The van der Waals surface area contributed by atoms with Gasteiger partial charge in [0.25, 0.3) is 0 Å². The fourth-order valence-corrected chi connectivity index (χ4v) is 8.61. The number of carbonyl (C=O) groups excluding carboxylic acids is 3. The van der Waals surface area contributed by atoms with Crippen molar-refractivity contribution in [2.75, 3.05) is 26.4 Å². The van der Waals surface area contributed by atoms with Crippen LogP contribution in [-0.2, 0) is 42.2 Å². The third-order valence-electron chi connectivity index (χ3n) is 12.5. The van der Waals surface area contributed by atoms with E-state index in [0.717, 1.165) is 128 Å². The van der Waals surface area contributed by atoms with Gasteiger partial charge in [-0.15, -0.1) is 0 Å². The fourth-order valence-electron chi connectivity index (χ4n) is 7.83. The lowest BCUT2D eigenvalue weighted by atomic mass is 10.1. The Hall–Kier alpha value is -4.38. The quantitative estimate of drug-likeness (QED) is 0.0197. The molecule has 0 rings (SSSR count). The lowest BCUT2D eigenvalue weighted by molar-refractivity contribution is -0.161. The van der Waals surface area contributed by atoms with Gasteiger partial charge in [0.2, 0.25) is 0 Å². The van der Waals surface area contributed by atoms with E-state index in [1.54, 1.807) is 0 Å². The van der Waals surface area contributed by atoms with Crippen LogP contribution in [-0.4, -0.2) is 66.5 Å². The molecular weight excluding hydrogens is 1020 g/mol. The van der Waals surface area contributed by atoms with E-state index in [1.165, 1.54) is 44.9 Å². The highest BCUT2D eigenvalue weighted by atomic mass is 31.2. The Bertz CT molecular complexity index is 1850. The summed E-state index contributed by atoms with van der Waals surface area (Å²) in [6.07, 6.45) is 77.0. The van der Waals surface area contributed by atoms with Crippen molar-refractivity contribution >= 4 is 25.7 Å². The van der Waals surface area contributed by atoms with E-state index in [4.69, 9.17) is 23.3 Å². The van der Waals surface area contributed by atoms with E-state index in [1.807, 2.05) is 12.2 Å². The average Bonchev–Trinajstić information content (AvgIpc) is 3.45. The number of carbonyl (C=O) groups is 3. The van der Waals surface area contributed by atoms with Crippen molar-refractivity contribution in [3.8, 4) is 0 Å². The Morgan fingerprint density at radius 3 is 1.07 bits per heavy atom. The van der Waals surface area contributed by atoms with E-state index in [-0.39, 0.29) is 25.9 Å². The van der Waals surface area contributed by atoms with Crippen molar-refractivity contribution in [2.45, 2.75) is 251 Å². The molecule has 0 amide bonds. The van der Waals surface area contributed by atoms with Gasteiger partial charge in [-0.1, -0.05) is 225 Å². The number of ether oxygens (including phenoxy) is 3. The third kappa shape index (κ3) is 58.3. The van der Waals surface area contributed by atoms with Crippen molar-refractivity contribution in [1.82, 2.24) is 0 Å². The molecule has 0 spiro atoms. The van der Waals surface area contributed by atoms with Gasteiger partial charge < -0.3 is 24.2 Å². The van der Waals surface area contributed by atoms with Crippen LogP contribution in [0.3, 0.4) is 0 Å². The summed E-state index contributed by atoms with van der Waals surface area (Å²) in [7, 11) is -4.79. The number of unbranched alkanes of at least 4 members (excludes halogenated alkanes) is 17. The molecule has 0 heterocycles. The Balaban J connectivity index is 4.88. The summed E-state index contributed by atoms with van der Waals surface area (Å²) in [5.74, 6) is -1.61. The van der Waals surface area contributed by atoms with Gasteiger partial charge in [-0.05, 0) is 128 Å². The first-order valence-electron chi connectivity index (χ1n) is 31.1. The summed E-state index contributed by atoms with van der Waals surface area (Å²) in [5.41, 5.74) is 0. The topological polar surface area (TPSA) is 155 Å². The molecule has 0 aliphatic carbocycles. The summed E-state index contributed by atoms with van der Waals surface area (Å²) >= 11 is 0. The number of allylic oxidation sites excluding steroid dienone is 22. The molecule has 454 valence electrons. The van der Waals surface area contributed by atoms with E-state index < -0.39 is 57.8 Å². The molecular formula is C68H111O11P. The number of hydrogen-bond donors (Lipinski definition) is 2. The van der Waals surface area contributed by atoms with Crippen LogP contribution < -0.4 is 0 Å². The molecule has 0 aromatic rings. The molecule has 2 N–H and O–H groups in total.